The quantitative estimate of drug-likeness (QED) is 0.590. The summed E-state index contributed by atoms with van der Waals surface area (Å²) in [6.45, 7) is 3.11. The van der Waals surface area contributed by atoms with Crippen LogP contribution in [0.5, 0.6) is 0 Å². The van der Waals surface area contributed by atoms with E-state index >= 15 is 0 Å². The van der Waals surface area contributed by atoms with Crippen LogP contribution in [0.25, 0.3) is 0 Å². The number of azo groups is 1. The van der Waals surface area contributed by atoms with Gasteiger partial charge in [0.1, 0.15) is 12.1 Å². The molecule has 1 fully saturated rings. The molecule has 1 heterocycles. The summed E-state index contributed by atoms with van der Waals surface area (Å²) >= 11 is 0. The number of carbonyl (C=O) groups excluding carboxylic acids is 3. The van der Waals surface area contributed by atoms with Gasteiger partial charge in [0.2, 0.25) is 5.91 Å². The molecule has 8 nitrogen and oxygen atoms in total. The minimum atomic E-state index is -0.956. The summed E-state index contributed by atoms with van der Waals surface area (Å²) in [7, 11) is 0. The van der Waals surface area contributed by atoms with Crippen molar-refractivity contribution in [2.75, 3.05) is 11.9 Å². The molecular weight excluding hydrogens is 358 g/mol. The Bertz CT molecular complexity index is 911. The molecule has 28 heavy (non-hydrogen) atoms. The largest absolute Gasteiger partial charge is 0.325 e. The van der Waals surface area contributed by atoms with Crippen LogP contribution in [0.3, 0.4) is 0 Å². The fourth-order valence-electron chi connectivity index (χ4n) is 2.70. The Balaban J connectivity index is 1.58. The second-order valence-corrected chi connectivity index (χ2v) is 6.64. The first-order valence-corrected chi connectivity index (χ1v) is 8.92. The van der Waals surface area contributed by atoms with Crippen LogP contribution in [0.1, 0.15) is 20.3 Å². The average Bonchev–Trinajstić information content (AvgIpc) is 2.92. The molecule has 0 saturated carbocycles. The highest BCUT2D eigenvalue weighted by Gasteiger charge is 2.46. The maximum Gasteiger partial charge on any atom is 0.325 e. The molecule has 0 aliphatic carbocycles. The third kappa shape index (κ3) is 4.22. The highest BCUT2D eigenvalue weighted by Crippen LogP contribution is 2.22. The van der Waals surface area contributed by atoms with E-state index in [4.69, 9.17) is 0 Å². The third-order valence-corrected chi connectivity index (χ3v) is 4.54. The minimum Gasteiger partial charge on any atom is -0.325 e. The Hall–Kier alpha value is -3.55. The predicted octanol–water partition coefficient (Wildman–Crippen LogP) is 3.76. The number of hydrogen-bond acceptors (Lipinski definition) is 5. The van der Waals surface area contributed by atoms with Crippen LogP contribution >= 0.6 is 0 Å². The molecule has 2 aromatic carbocycles. The zero-order valence-electron chi connectivity index (χ0n) is 15.7. The Labute approximate surface area is 162 Å². The zero-order valence-corrected chi connectivity index (χ0v) is 15.7. The molecule has 0 aromatic heterocycles. The monoisotopic (exact) mass is 379 g/mol. The van der Waals surface area contributed by atoms with Crippen LogP contribution < -0.4 is 10.6 Å². The van der Waals surface area contributed by atoms with Crippen molar-refractivity contribution in [3.05, 3.63) is 54.6 Å². The van der Waals surface area contributed by atoms with Gasteiger partial charge in [-0.05, 0) is 49.7 Å². The topological polar surface area (TPSA) is 103 Å². The number of benzene rings is 2. The molecule has 2 N–H and O–H groups in total. The third-order valence-electron chi connectivity index (χ3n) is 4.54. The fraction of sp³-hybridized carbons (Fsp3) is 0.250. The van der Waals surface area contributed by atoms with Crippen molar-refractivity contribution in [1.82, 2.24) is 10.2 Å². The van der Waals surface area contributed by atoms with Gasteiger partial charge >= 0.3 is 6.03 Å². The van der Waals surface area contributed by atoms with Crippen molar-refractivity contribution >= 4 is 34.9 Å². The van der Waals surface area contributed by atoms with Crippen LogP contribution in [-0.2, 0) is 9.59 Å². The Morgan fingerprint density at radius 3 is 2.21 bits per heavy atom. The van der Waals surface area contributed by atoms with Crippen molar-refractivity contribution in [2.24, 2.45) is 10.2 Å². The number of amides is 4. The van der Waals surface area contributed by atoms with Crippen molar-refractivity contribution in [1.29, 1.82) is 0 Å². The molecule has 2 aromatic rings. The molecule has 0 spiro atoms. The summed E-state index contributed by atoms with van der Waals surface area (Å²) < 4.78 is 0. The van der Waals surface area contributed by atoms with Crippen LogP contribution in [0.2, 0.25) is 0 Å². The van der Waals surface area contributed by atoms with Gasteiger partial charge in [-0.3, -0.25) is 14.5 Å². The van der Waals surface area contributed by atoms with E-state index in [1.807, 2.05) is 30.3 Å². The zero-order chi connectivity index (χ0) is 20.1. The van der Waals surface area contributed by atoms with Gasteiger partial charge in [0.15, 0.2) is 0 Å². The number of hydrogen-bond donors (Lipinski definition) is 2. The van der Waals surface area contributed by atoms with E-state index in [0.29, 0.717) is 17.8 Å². The molecule has 1 saturated heterocycles. The first-order chi connectivity index (χ1) is 13.4. The van der Waals surface area contributed by atoms with Crippen molar-refractivity contribution < 1.29 is 14.4 Å². The molecule has 0 bridgehead atoms. The first kappa shape index (κ1) is 19.2. The van der Waals surface area contributed by atoms with Gasteiger partial charge in [-0.2, -0.15) is 10.2 Å². The lowest BCUT2D eigenvalue weighted by atomic mass is 9.99. The number of imide groups is 1. The molecule has 144 valence electrons. The highest BCUT2D eigenvalue weighted by atomic mass is 16.2. The van der Waals surface area contributed by atoms with Crippen molar-refractivity contribution in [3.8, 4) is 0 Å². The lowest BCUT2D eigenvalue weighted by Gasteiger charge is -2.19. The van der Waals surface area contributed by atoms with E-state index in [0.717, 1.165) is 10.6 Å². The minimum absolute atomic E-state index is 0.338. The molecule has 0 radical (unpaired) electrons. The number of nitrogens with zero attached hydrogens (tertiary/aromatic N) is 3. The summed E-state index contributed by atoms with van der Waals surface area (Å²) in [4.78, 5) is 37.5. The van der Waals surface area contributed by atoms with Crippen molar-refractivity contribution in [3.63, 3.8) is 0 Å². The second kappa shape index (κ2) is 7.99. The first-order valence-electron chi connectivity index (χ1n) is 8.92. The fourth-order valence-corrected chi connectivity index (χ4v) is 2.70. The maximum atomic E-state index is 12.3. The average molecular weight is 379 g/mol. The van der Waals surface area contributed by atoms with Crippen LogP contribution in [-0.4, -0.2) is 34.8 Å². The van der Waals surface area contributed by atoms with E-state index in [1.165, 1.54) is 0 Å². The van der Waals surface area contributed by atoms with Gasteiger partial charge in [0, 0.05) is 5.69 Å². The van der Waals surface area contributed by atoms with Crippen LogP contribution in [0.4, 0.5) is 21.9 Å². The number of nitrogens with one attached hydrogen (secondary N) is 2. The molecule has 8 heteroatoms. The summed E-state index contributed by atoms with van der Waals surface area (Å²) in [6.07, 6.45) is 0.453. The number of anilines is 1. The van der Waals surface area contributed by atoms with Crippen molar-refractivity contribution in [2.45, 2.75) is 25.8 Å². The molecule has 1 atom stereocenters. The second-order valence-electron chi connectivity index (χ2n) is 6.64. The van der Waals surface area contributed by atoms with E-state index < -0.39 is 23.4 Å². The summed E-state index contributed by atoms with van der Waals surface area (Å²) in [6, 6.07) is 15.6. The number of urea groups is 1. The summed E-state index contributed by atoms with van der Waals surface area (Å²) in [5.74, 6) is -0.852. The summed E-state index contributed by atoms with van der Waals surface area (Å²) in [5.41, 5.74) is 0.958. The van der Waals surface area contributed by atoms with Gasteiger partial charge in [-0.1, -0.05) is 25.1 Å². The molecule has 3 rings (SSSR count). The Morgan fingerprint density at radius 1 is 1.04 bits per heavy atom. The number of carbonyl (C=O) groups is 3. The van der Waals surface area contributed by atoms with Crippen LogP contribution in [0.15, 0.2) is 64.8 Å². The molecule has 1 aliphatic heterocycles. The van der Waals surface area contributed by atoms with Crippen LogP contribution in [0, 0.1) is 0 Å². The lowest BCUT2D eigenvalue weighted by Crippen LogP contribution is -2.44. The lowest BCUT2D eigenvalue weighted by molar-refractivity contribution is -0.133. The Morgan fingerprint density at radius 2 is 1.64 bits per heavy atom. The van der Waals surface area contributed by atoms with E-state index in [2.05, 4.69) is 20.9 Å². The van der Waals surface area contributed by atoms with Gasteiger partial charge in [-0.25, -0.2) is 4.79 Å². The van der Waals surface area contributed by atoms with Gasteiger partial charge in [0.05, 0.1) is 11.4 Å². The van der Waals surface area contributed by atoms with E-state index in [9.17, 15) is 14.4 Å². The SMILES string of the molecule is CC[C@@]1(C)NC(=O)N(CC(=O)Nc2ccc(N=Nc3ccccc3)cc2)C1=O. The van der Waals surface area contributed by atoms with Gasteiger partial charge in [-0.15, -0.1) is 0 Å². The molecule has 0 unspecified atom stereocenters. The highest BCUT2D eigenvalue weighted by molar-refractivity contribution is 6.09. The van der Waals surface area contributed by atoms with Gasteiger partial charge in [0.25, 0.3) is 5.91 Å². The smallest absolute Gasteiger partial charge is 0.325 e. The van der Waals surface area contributed by atoms with Gasteiger partial charge < -0.3 is 10.6 Å². The van der Waals surface area contributed by atoms with E-state index in [1.54, 1.807) is 38.1 Å². The van der Waals surface area contributed by atoms with E-state index in [-0.39, 0.29) is 6.54 Å². The number of rotatable bonds is 6. The summed E-state index contributed by atoms with van der Waals surface area (Å²) in [5, 5.41) is 13.5. The predicted molar refractivity (Wildman–Crippen MR) is 105 cm³/mol. The standard InChI is InChI=1S/C20H21N5O3/c1-3-20(2)18(27)25(19(28)22-20)13-17(26)21-14-9-11-16(12-10-14)24-23-15-7-5-4-6-8-15/h4-12H,3,13H2,1-2H3,(H,21,26)(H,22,28)/t20-/m1/s1. The Kier molecular flexibility index (Phi) is 5.49. The normalized spacial score (nSPS) is 19.1. The molecular formula is C20H21N5O3. The maximum absolute atomic E-state index is 12.3. The molecule has 4 amide bonds. The molecule has 1 aliphatic rings.